The van der Waals surface area contributed by atoms with Crippen LogP contribution in [-0.4, -0.2) is 65.3 Å². The third kappa shape index (κ3) is 5.22. The number of benzene rings is 1. The highest BCUT2D eigenvalue weighted by Gasteiger charge is 2.25. The quantitative estimate of drug-likeness (QED) is 0.440. The number of ether oxygens (including phenoxy) is 2. The Morgan fingerprint density at radius 1 is 1.36 bits per heavy atom. The average molecular weight is 516 g/mol. The first-order chi connectivity index (χ1) is 17.4. The Morgan fingerprint density at radius 3 is 2.94 bits per heavy atom. The van der Waals surface area contributed by atoms with Crippen LogP contribution in [0.4, 0.5) is 10.2 Å². The van der Waals surface area contributed by atoms with Crippen molar-refractivity contribution in [1.82, 2.24) is 20.2 Å². The number of aromatic nitrogens is 2. The number of carbonyl (C=O) groups is 1. The first kappa shape index (κ1) is 24.6. The fraction of sp³-hybridized carbons (Fsp3) is 0.400. The van der Waals surface area contributed by atoms with Crippen molar-refractivity contribution in [2.45, 2.75) is 31.5 Å². The van der Waals surface area contributed by atoms with Gasteiger partial charge >= 0.3 is 0 Å². The molecule has 0 saturated carbocycles. The van der Waals surface area contributed by atoms with Crippen LogP contribution in [0, 0.1) is 5.82 Å². The number of methoxy groups -OCH3 is 1. The number of rotatable bonds is 7. The van der Waals surface area contributed by atoms with Gasteiger partial charge in [-0.1, -0.05) is 11.6 Å². The van der Waals surface area contributed by atoms with Crippen molar-refractivity contribution in [3.8, 4) is 11.5 Å². The van der Waals surface area contributed by atoms with Crippen molar-refractivity contribution in [3.05, 3.63) is 52.6 Å². The highest BCUT2D eigenvalue weighted by molar-refractivity contribution is 6.32. The lowest BCUT2D eigenvalue weighted by Gasteiger charge is -2.34. The molecule has 11 heteroatoms. The molecule has 9 nitrogen and oxygen atoms in total. The van der Waals surface area contributed by atoms with E-state index in [-0.39, 0.29) is 18.0 Å². The number of aliphatic hydroxyl groups is 1. The van der Waals surface area contributed by atoms with Crippen molar-refractivity contribution in [2.24, 2.45) is 0 Å². The molecule has 190 valence electrons. The number of aliphatic hydroxyl groups excluding tert-OH is 1. The van der Waals surface area contributed by atoms with E-state index < -0.39 is 11.9 Å². The molecule has 0 bridgehead atoms. The lowest BCUT2D eigenvalue weighted by atomic mass is 10.0. The maximum absolute atomic E-state index is 14.5. The van der Waals surface area contributed by atoms with Gasteiger partial charge in [-0.2, -0.15) is 0 Å². The topological polar surface area (TPSA) is 109 Å². The van der Waals surface area contributed by atoms with Gasteiger partial charge in [0.2, 0.25) is 0 Å². The van der Waals surface area contributed by atoms with Crippen molar-refractivity contribution < 1.29 is 23.8 Å². The molecule has 1 amide bonds. The van der Waals surface area contributed by atoms with Crippen LogP contribution < -0.4 is 20.1 Å². The number of halogens is 2. The van der Waals surface area contributed by atoms with Gasteiger partial charge in [0.25, 0.3) is 5.91 Å². The van der Waals surface area contributed by atoms with Crippen LogP contribution >= 0.6 is 11.6 Å². The van der Waals surface area contributed by atoms with Crippen LogP contribution in [0.25, 0.3) is 10.9 Å². The Morgan fingerprint density at radius 2 is 2.17 bits per heavy atom. The highest BCUT2D eigenvalue weighted by Crippen LogP contribution is 2.34. The van der Waals surface area contributed by atoms with Crippen LogP contribution in [-0.2, 0) is 11.3 Å². The molecule has 1 atom stereocenters. The third-order valence-corrected chi connectivity index (χ3v) is 6.88. The number of anilines is 1. The minimum absolute atomic E-state index is 0.00815. The van der Waals surface area contributed by atoms with E-state index >= 15 is 0 Å². The van der Waals surface area contributed by atoms with E-state index in [2.05, 4.69) is 25.5 Å². The fourth-order valence-corrected chi connectivity index (χ4v) is 4.97. The molecule has 2 aliphatic heterocycles. The van der Waals surface area contributed by atoms with Gasteiger partial charge < -0.3 is 30.1 Å². The number of amides is 1. The summed E-state index contributed by atoms with van der Waals surface area (Å²) in [7, 11) is 1.46. The van der Waals surface area contributed by atoms with Crippen LogP contribution in [0.5, 0.6) is 11.5 Å². The summed E-state index contributed by atoms with van der Waals surface area (Å²) in [5.41, 5.74) is 1.42. The number of nitrogens with zero attached hydrogens (tertiary/aromatic N) is 3. The molecule has 0 unspecified atom stereocenters. The number of β-amino-alcohol motifs (C(OH)–C–C–N with tert-alkyl or cyclic N) is 1. The summed E-state index contributed by atoms with van der Waals surface area (Å²) >= 11 is 6.39. The number of likely N-dealkylation sites (tertiary alicyclic amines) is 1. The molecule has 1 saturated heterocycles. The Balaban J connectivity index is 1.18. The minimum atomic E-state index is -0.906. The summed E-state index contributed by atoms with van der Waals surface area (Å²) in [6.07, 6.45) is 2.26. The maximum Gasteiger partial charge on any atom is 0.263 e. The van der Waals surface area contributed by atoms with Crippen LogP contribution in [0.2, 0.25) is 5.02 Å². The molecular weight excluding hydrogens is 489 g/mol. The van der Waals surface area contributed by atoms with E-state index in [9.17, 15) is 14.3 Å². The number of piperidine rings is 1. The van der Waals surface area contributed by atoms with E-state index in [1.54, 1.807) is 6.07 Å². The lowest BCUT2D eigenvalue weighted by molar-refractivity contribution is -0.118. The number of hydrogen-bond donors (Lipinski definition) is 3. The lowest BCUT2D eigenvalue weighted by Crippen LogP contribution is -2.43. The standard InChI is InChI=1S/C25H27ClFN5O4/c1-35-16-8-17-23(18(26)11-29-24(17)19(27)9-16)20(33)12-32-6-4-14(5-7-32)28-10-15-2-3-21-25(30-15)31-22(34)13-36-21/h2-3,8-9,11,14,20,28,33H,4-7,10,12-13H2,1H3,(H,30,31,34)/t20-/m0/s1. The average Bonchev–Trinajstić information content (AvgIpc) is 2.87. The van der Waals surface area contributed by atoms with Crippen molar-refractivity contribution in [1.29, 1.82) is 0 Å². The first-order valence-electron chi connectivity index (χ1n) is 11.8. The van der Waals surface area contributed by atoms with Gasteiger partial charge in [-0.05, 0) is 44.1 Å². The van der Waals surface area contributed by atoms with Crippen LogP contribution in [0.15, 0.2) is 30.5 Å². The Kier molecular flexibility index (Phi) is 7.20. The van der Waals surface area contributed by atoms with E-state index in [1.165, 1.54) is 19.4 Å². The van der Waals surface area contributed by atoms with Crippen molar-refractivity contribution in [3.63, 3.8) is 0 Å². The number of nitrogens with one attached hydrogen (secondary N) is 2. The molecule has 2 aromatic heterocycles. The molecule has 2 aliphatic rings. The van der Waals surface area contributed by atoms with Gasteiger partial charge in [-0.15, -0.1) is 0 Å². The Labute approximate surface area is 212 Å². The minimum Gasteiger partial charge on any atom is -0.497 e. The second-order valence-electron chi connectivity index (χ2n) is 8.98. The van der Waals surface area contributed by atoms with Crippen LogP contribution in [0.1, 0.15) is 30.2 Å². The number of carbonyl (C=O) groups excluding carboxylic acids is 1. The Bertz CT molecular complexity index is 1290. The van der Waals surface area contributed by atoms with Crippen molar-refractivity contribution in [2.75, 3.05) is 38.7 Å². The smallest absolute Gasteiger partial charge is 0.263 e. The summed E-state index contributed by atoms with van der Waals surface area (Å²) in [4.78, 5) is 22.3. The van der Waals surface area contributed by atoms with Gasteiger partial charge in [0.15, 0.2) is 24.0 Å². The zero-order valence-electron chi connectivity index (χ0n) is 19.8. The van der Waals surface area contributed by atoms with Gasteiger partial charge in [0, 0.05) is 42.3 Å². The molecule has 1 fully saturated rings. The third-order valence-electron chi connectivity index (χ3n) is 6.58. The van der Waals surface area contributed by atoms with E-state index in [0.29, 0.717) is 52.4 Å². The number of fused-ring (bicyclic) bond motifs is 2. The molecule has 3 aromatic rings. The summed E-state index contributed by atoms with van der Waals surface area (Å²) < 4.78 is 25.0. The summed E-state index contributed by atoms with van der Waals surface area (Å²) in [6.45, 7) is 2.52. The molecule has 36 heavy (non-hydrogen) atoms. The number of pyridine rings is 2. The van der Waals surface area contributed by atoms with E-state index in [0.717, 1.165) is 31.6 Å². The number of hydrogen-bond acceptors (Lipinski definition) is 8. The molecule has 0 spiro atoms. The van der Waals surface area contributed by atoms with Gasteiger partial charge in [0.05, 0.1) is 23.9 Å². The van der Waals surface area contributed by atoms with Gasteiger partial charge in [0.1, 0.15) is 11.3 Å². The molecule has 0 radical (unpaired) electrons. The molecular formula is C25H27ClFN5O4. The van der Waals surface area contributed by atoms with Gasteiger partial charge in [-0.25, -0.2) is 9.37 Å². The monoisotopic (exact) mass is 515 g/mol. The van der Waals surface area contributed by atoms with E-state index in [1.807, 2.05) is 12.1 Å². The molecule has 5 rings (SSSR count). The van der Waals surface area contributed by atoms with Gasteiger partial charge in [-0.3, -0.25) is 9.78 Å². The zero-order valence-corrected chi connectivity index (χ0v) is 20.5. The Hall–Kier alpha value is -3.05. The largest absolute Gasteiger partial charge is 0.497 e. The zero-order chi connectivity index (χ0) is 25.2. The second-order valence-corrected chi connectivity index (χ2v) is 9.39. The fourth-order valence-electron chi connectivity index (χ4n) is 4.69. The normalized spacial score (nSPS) is 17.4. The molecule has 1 aromatic carbocycles. The molecule has 0 aliphatic carbocycles. The maximum atomic E-state index is 14.5. The second kappa shape index (κ2) is 10.5. The first-order valence-corrected chi connectivity index (χ1v) is 12.2. The predicted molar refractivity (Wildman–Crippen MR) is 133 cm³/mol. The summed E-state index contributed by atoms with van der Waals surface area (Å²) in [6, 6.07) is 6.91. The summed E-state index contributed by atoms with van der Waals surface area (Å²) in [5, 5.41) is 18.0. The molecule has 3 N–H and O–H groups in total. The van der Waals surface area contributed by atoms with Crippen molar-refractivity contribution >= 4 is 34.2 Å². The van der Waals surface area contributed by atoms with E-state index in [4.69, 9.17) is 21.1 Å². The summed E-state index contributed by atoms with van der Waals surface area (Å²) in [5.74, 6) is 0.639. The highest BCUT2D eigenvalue weighted by atomic mass is 35.5. The van der Waals surface area contributed by atoms with Crippen LogP contribution in [0.3, 0.4) is 0 Å². The SMILES string of the molecule is COc1cc(F)c2ncc(Cl)c([C@@H](O)CN3CCC(NCc4ccc5c(n4)NC(=O)CO5)CC3)c2c1. The molecule has 4 heterocycles. The predicted octanol–water partition coefficient (Wildman–Crippen LogP) is 3.05.